The molecule has 0 saturated carbocycles. The van der Waals surface area contributed by atoms with Gasteiger partial charge in [0.2, 0.25) is 0 Å². The first-order valence-electron chi connectivity index (χ1n) is 5.99. The van der Waals surface area contributed by atoms with E-state index in [0.717, 1.165) is 21.1 Å². The highest BCUT2D eigenvalue weighted by atomic mass is 79.9. The van der Waals surface area contributed by atoms with E-state index in [1.54, 1.807) is 0 Å². The first-order valence-corrected chi connectivity index (χ1v) is 7.58. The zero-order chi connectivity index (χ0) is 13.2. The largest absolute Gasteiger partial charge is 0.256 e. The second kappa shape index (κ2) is 5.43. The first kappa shape index (κ1) is 12.8. The van der Waals surface area contributed by atoms with Crippen molar-refractivity contribution in [3.8, 4) is 0 Å². The minimum absolute atomic E-state index is 0.973. The number of fused-ring (bicyclic) bond motifs is 1. The Kier molecular flexibility index (Phi) is 3.67. The van der Waals surface area contributed by atoms with Gasteiger partial charge in [-0.3, -0.25) is 4.98 Å². The van der Waals surface area contributed by atoms with Gasteiger partial charge in [0.05, 0.1) is 5.69 Å². The lowest BCUT2D eigenvalue weighted by Gasteiger charge is -1.98. The monoisotopic (exact) mass is 375 g/mol. The second-order valence-corrected chi connectivity index (χ2v) is 6.31. The highest BCUT2D eigenvalue weighted by molar-refractivity contribution is 9.10. The Balaban J connectivity index is 1.78. The van der Waals surface area contributed by atoms with Crippen LogP contribution in [0.5, 0.6) is 0 Å². The second-order valence-electron chi connectivity index (χ2n) is 4.47. The maximum Gasteiger partial charge on any atom is 0.0630 e. The topological polar surface area (TPSA) is 12.9 Å². The molecule has 94 valence electrons. The lowest BCUT2D eigenvalue weighted by atomic mass is 10.1. The molecule has 2 aromatic rings. The summed E-state index contributed by atoms with van der Waals surface area (Å²) in [5.41, 5.74) is 4.98. The SMILES string of the molecule is Brc1ccc(/C=C/C2=Cc3ccc(Br)cc3C2)nc1. The molecule has 1 nitrogen and oxygen atoms in total. The van der Waals surface area contributed by atoms with Gasteiger partial charge in [0.15, 0.2) is 0 Å². The molecule has 0 amide bonds. The van der Waals surface area contributed by atoms with Crippen molar-refractivity contribution in [2.75, 3.05) is 0 Å². The molecule has 3 rings (SSSR count). The molecule has 0 spiro atoms. The molecule has 0 aliphatic heterocycles. The highest BCUT2D eigenvalue weighted by Crippen LogP contribution is 2.28. The van der Waals surface area contributed by atoms with Crippen molar-refractivity contribution in [2.45, 2.75) is 6.42 Å². The van der Waals surface area contributed by atoms with E-state index >= 15 is 0 Å². The van der Waals surface area contributed by atoms with Gasteiger partial charge in [0.1, 0.15) is 0 Å². The lowest BCUT2D eigenvalue weighted by molar-refractivity contribution is 1.24. The minimum atomic E-state index is 0.973. The average molecular weight is 377 g/mol. The highest BCUT2D eigenvalue weighted by Gasteiger charge is 2.10. The molecule has 1 aromatic carbocycles. The van der Waals surface area contributed by atoms with E-state index in [-0.39, 0.29) is 0 Å². The van der Waals surface area contributed by atoms with Crippen LogP contribution in [0.25, 0.3) is 12.2 Å². The maximum atomic E-state index is 4.33. The minimum Gasteiger partial charge on any atom is -0.256 e. The van der Waals surface area contributed by atoms with Crippen molar-refractivity contribution in [1.29, 1.82) is 0 Å². The summed E-state index contributed by atoms with van der Waals surface area (Å²) in [5, 5.41) is 0. The third-order valence-electron chi connectivity index (χ3n) is 3.06. The van der Waals surface area contributed by atoms with Crippen molar-refractivity contribution in [1.82, 2.24) is 4.98 Å². The van der Waals surface area contributed by atoms with Gasteiger partial charge >= 0.3 is 0 Å². The number of pyridine rings is 1. The number of benzene rings is 1. The van der Waals surface area contributed by atoms with Crippen LogP contribution >= 0.6 is 31.9 Å². The van der Waals surface area contributed by atoms with Gasteiger partial charge in [-0.2, -0.15) is 0 Å². The Morgan fingerprint density at radius 2 is 1.84 bits per heavy atom. The van der Waals surface area contributed by atoms with Crippen LogP contribution < -0.4 is 0 Å². The van der Waals surface area contributed by atoms with Gasteiger partial charge < -0.3 is 0 Å². The summed E-state index contributed by atoms with van der Waals surface area (Å²) in [6, 6.07) is 10.4. The van der Waals surface area contributed by atoms with E-state index in [4.69, 9.17) is 0 Å². The molecule has 1 aliphatic rings. The van der Waals surface area contributed by atoms with Crippen molar-refractivity contribution < 1.29 is 0 Å². The summed E-state index contributed by atoms with van der Waals surface area (Å²) < 4.78 is 2.14. The quantitative estimate of drug-likeness (QED) is 0.696. The Morgan fingerprint density at radius 1 is 1.00 bits per heavy atom. The van der Waals surface area contributed by atoms with Crippen LogP contribution in [0.1, 0.15) is 16.8 Å². The standard InChI is InChI=1S/C16H11Br2N/c17-14-3-2-12-7-11(8-13(12)9-14)1-5-16-6-4-15(18)10-19-16/h1-7,9-10H,8H2/b5-1+. The summed E-state index contributed by atoms with van der Waals surface area (Å²) >= 11 is 6.90. The molecule has 0 fully saturated rings. The smallest absolute Gasteiger partial charge is 0.0630 e. The van der Waals surface area contributed by atoms with E-state index < -0.39 is 0 Å². The number of hydrogen-bond acceptors (Lipinski definition) is 1. The van der Waals surface area contributed by atoms with Crippen molar-refractivity contribution in [3.63, 3.8) is 0 Å². The van der Waals surface area contributed by atoms with E-state index in [2.05, 4.69) is 73.3 Å². The third-order valence-corrected chi connectivity index (χ3v) is 4.02. The summed E-state index contributed by atoms with van der Waals surface area (Å²) in [5.74, 6) is 0. The third kappa shape index (κ3) is 3.04. The number of allylic oxidation sites excluding steroid dienone is 2. The van der Waals surface area contributed by atoms with Crippen LogP contribution in [-0.2, 0) is 6.42 Å². The van der Waals surface area contributed by atoms with Crippen LogP contribution in [0.15, 0.2) is 57.1 Å². The van der Waals surface area contributed by atoms with Gasteiger partial charge in [0.25, 0.3) is 0 Å². The molecule has 0 saturated heterocycles. The van der Waals surface area contributed by atoms with Gasteiger partial charge in [-0.1, -0.05) is 34.1 Å². The zero-order valence-corrected chi connectivity index (χ0v) is 13.3. The first-order chi connectivity index (χ1) is 9.20. The van der Waals surface area contributed by atoms with E-state index in [1.165, 1.54) is 16.7 Å². The van der Waals surface area contributed by atoms with Crippen molar-refractivity contribution >= 4 is 44.0 Å². The number of nitrogens with zero attached hydrogens (tertiary/aromatic N) is 1. The van der Waals surface area contributed by atoms with Crippen molar-refractivity contribution in [3.05, 3.63) is 73.9 Å². The Bertz CT molecular complexity index is 670. The summed E-state index contributed by atoms with van der Waals surface area (Å²) in [6.45, 7) is 0. The summed E-state index contributed by atoms with van der Waals surface area (Å²) in [7, 11) is 0. The molecule has 0 radical (unpaired) electrons. The predicted octanol–water partition coefficient (Wildman–Crippen LogP) is 5.26. The maximum absolute atomic E-state index is 4.33. The Labute approximate surface area is 129 Å². The van der Waals surface area contributed by atoms with Gasteiger partial charge in [-0.15, -0.1) is 0 Å². The number of halogens is 2. The van der Waals surface area contributed by atoms with Crippen molar-refractivity contribution in [2.24, 2.45) is 0 Å². The molecule has 1 aromatic heterocycles. The predicted molar refractivity (Wildman–Crippen MR) is 86.8 cm³/mol. The van der Waals surface area contributed by atoms with Gasteiger partial charge in [-0.25, -0.2) is 0 Å². The van der Waals surface area contributed by atoms with Crippen LogP contribution in [-0.4, -0.2) is 4.98 Å². The zero-order valence-electron chi connectivity index (χ0n) is 10.1. The molecule has 0 bridgehead atoms. The summed E-state index contributed by atoms with van der Waals surface area (Å²) in [4.78, 5) is 4.33. The molecule has 19 heavy (non-hydrogen) atoms. The Morgan fingerprint density at radius 3 is 2.63 bits per heavy atom. The molecule has 0 unspecified atom stereocenters. The molecule has 1 aliphatic carbocycles. The van der Waals surface area contributed by atoms with E-state index in [0.29, 0.717) is 0 Å². The number of rotatable bonds is 2. The molecular weight excluding hydrogens is 366 g/mol. The number of hydrogen-bond donors (Lipinski definition) is 0. The fourth-order valence-electron chi connectivity index (χ4n) is 2.12. The van der Waals surface area contributed by atoms with Crippen LogP contribution in [0, 0.1) is 0 Å². The van der Waals surface area contributed by atoms with Crippen LogP contribution in [0.3, 0.4) is 0 Å². The van der Waals surface area contributed by atoms with Crippen LogP contribution in [0.4, 0.5) is 0 Å². The molecule has 0 N–H and O–H groups in total. The average Bonchev–Trinajstić information content (AvgIpc) is 2.80. The lowest BCUT2D eigenvalue weighted by Crippen LogP contribution is -1.83. The van der Waals surface area contributed by atoms with E-state index in [9.17, 15) is 0 Å². The van der Waals surface area contributed by atoms with Crippen LogP contribution in [0.2, 0.25) is 0 Å². The molecule has 1 heterocycles. The summed E-state index contributed by atoms with van der Waals surface area (Å²) in [6.07, 6.45) is 9.23. The molecular formula is C16H11Br2N. The number of aromatic nitrogens is 1. The Hall–Kier alpha value is -1.19. The molecule has 0 atom stereocenters. The van der Waals surface area contributed by atoms with E-state index in [1.807, 2.05) is 18.3 Å². The molecule has 3 heteroatoms. The van der Waals surface area contributed by atoms with Gasteiger partial charge in [-0.05, 0) is 69.4 Å². The fraction of sp³-hybridized carbons (Fsp3) is 0.0625. The fourth-order valence-corrected chi connectivity index (χ4v) is 2.77. The normalized spacial score (nSPS) is 13.7. The van der Waals surface area contributed by atoms with Gasteiger partial charge in [0, 0.05) is 15.1 Å².